The molecule has 0 atom stereocenters. The molecule has 0 saturated heterocycles. The highest BCUT2D eigenvalue weighted by molar-refractivity contribution is 6.30. The van der Waals surface area contributed by atoms with Gasteiger partial charge in [-0.2, -0.15) is 0 Å². The SMILES string of the molecule is CC(C)(NC(=O)CCNC(=O)c1ccc(Cl)cc1)c1ccc2c(c1)OCCO2. The van der Waals surface area contributed by atoms with E-state index in [2.05, 4.69) is 10.6 Å². The zero-order chi connectivity index (χ0) is 20.1. The number of rotatable bonds is 6. The number of carbonyl (C=O) groups excluding carboxylic acids is 2. The van der Waals surface area contributed by atoms with E-state index in [1.807, 2.05) is 32.0 Å². The molecule has 0 saturated carbocycles. The summed E-state index contributed by atoms with van der Waals surface area (Å²) in [6, 6.07) is 12.2. The Balaban J connectivity index is 1.52. The van der Waals surface area contributed by atoms with Gasteiger partial charge in [0.15, 0.2) is 11.5 Å². The minimum atomic E-state index is -0.590. The highest BCUT2D eigenvalue weighted by Gasteiger charge is 2.25. The van der Waals surface area contributed by atoms with Gasteiger partial charge in [0.2, 0.25) is 5.91 Å². The van der Waals surface area contributed by atoms with Gasteiger partial charge in [-0.05, 0) is 55.8 Å². The van der Waals surface area contributed by atoms with Crippen molar-refractivity contribution in [1.82, 2.24) is 10.6 Å². The van der Waals surface area contributed by atoms with Crippen LogP contribution in [0.4, 0.5) is 0 Å². The minimum absolute atomic E-state index is 0.156. The first-order chi connectivity index (χ1) is 13.3. The van der Waals surface area contributed by atoms with Gasteiger partial charge in [-0.15, -0.1) is 0 Å². The van der Waals surface area contributed by atoms with Gasteiger partial charge in [-0.3, -0.25) is 9.59 Å². The molecule has 0 fully saturated rings. The first kappa shape index (κ1) is 20.0. The quantitative estimate of drug-likeness (QED) is 0.777. The fourth-order valence-electron chi connectivity index (χ4n) is 2.91. The van der Waals surface area contributed by atoms with Crippen molar-refractivity contribution >= 4 is 23.4 Å². The topological polar surface area (TPSA) is 76.7 Å². The number of amides is 2. The predicted octanol–water partition coefficient (Wildman–Crippen LogP) is 3.28. The van der Waals surface area contributed by atoms with Gasteiger partial charge >= 0.3 is 0 Å². The fraction of sp³-hybridized carbons (Fsp3) is 0.333. The van der Waals surface area contributed by atoms with E-state index in [9.17, 15) is 9.59 Å². The van der Waals surface area contributed by atoms with Crippen LogP contribution in [0.1, 0.15) is 36.2 Å². The van der Waals surface area contributed by atoms with E-state index in [0.29, 0.717) is 35.3 Å². The molecule has 0 spiro atoms. The third-order valence-corrected chi connectivity index (χ3v) is 4.71. The van der Waals surface area contributed by atoms with Crippen LogP contribution >= 0.6 is 11.6 Å². The van der Waals surface area contributed by atoms with Gasteiger partial charge < -0.3 is 20.1 Å². The van der Waals surface area contributed by atoms with Gasteiger partial charge in [0, 0.05) is 23.6 Å². The van der Waals surface area contributed by atoms with Crippen LogP contribution in [0.2, 0.25) is 5.02 Å². The summed E-state index contributed by atoms with van der Waals surface area (Å²) < 4.78 is 11.1. The summed E-state index contributed by atoms with van der Waals surface area (Å²) in [5.41, 5.74) is 0.823. The van der Waals surface area contributed by atoms with Crippen molar-refractivity contribution in [1.29, 1.82) is 0 Å². The zero-order valence-corrected chi connectivity index (χ0v) is 16.6. The molecule has 2 aromatic carbocycles. The van der Waals surface area contributed by atoms with Crippen LogP contribution in [0.5, 0.6) is 11.5 Å². The third-order valence-electron chi connectivity index (χ3n) is 4.46. The molecular weight excluding hydrogens is 380 g/mol. The monoisotopic (exact) mass is 402 g/mol. The summed E-state index contributed by atoms with van der Waals surface area (Å²) in [7, 11) is 0. The average Bonchev–Trinajstić information content (AvgIpc) is 2.67. The standard InChI is InChI=1S/C21H23ClN2O4/c1-21(2,15-5-8-17-18(13-15)28-12-11-27-17)24-19(25)9-10-23-20(26)14-3-6-16(22)7-4-14/h3-8,13H,9-12H2,1-2H3,(H,23,26)(H,24,25). The number of hydrogen-bond acceptors (Lipinski definition) is 4. The number of fused-ring (bicyclic) bond motifs is 1. The van der Waals surface area contributed by atoms with Crippen molar-refractivity contribution in [2.24, 2.45) is 0 Å². The van der Waals surface area contributed by atoms with E-state index in [0.717, 1.165) is 5.56 Å². The molecule has 0 radical (unpaired) electrons. The summed E-state index contributed by atoms with van der Waals surface area (Å²) in [5.74, 6) is 0.996. The van der Waals surface area contributed by atoms with E-state index < -0.39 is 5.54 Å². The first-order valence-electron chi connectivity index (χ1n) is 9.10. The lowest BCUT2D eigenvalue weighted by Gasteiger charge is -2.28. The van der Waals surface area contributed by atoms with Crippen molar-refractivity contribution in [2.75, 3.05) is 19.8 Å². The number of ether oxygens (including phenoxy) is 2. The Morgan fingerprint density at radius 1 is 1.04 bits per heavy atom. The predicted molar refractivity (Wildman–Crippen MR) is 107 cm³/mol. The molecule has 2 N–H and O–H groups in total. The molecule has 3 rings (SSSR count). The molecule has 2 amide bonds. The van der Waals surface area contributed by atoms with E-state index in [4.69, 9.17) is 21.1 Å². The van der Waals surface area contributed by atoms with Crippen molar-refractivity contribution < 1.29 is 19.1 Å². The lowest BCUT2D eigenvalue weighted by atomic mass is 9.93. The van der Waals surface area contributed by atoms with E-state index in [1.54, 1.807) is 24.3 Å². The van der Waals surface area contributed by atoms with Gasteiger partial charge in [-0.1, -0.05) is 17.7 Å². The Bertz CT molecular complexity index is 865. The smallest absolute Gasteiger partial charge is 0.251 e. The Morgan fingerprint density at radius 2 is 1.71 bits per heavy atom. The van der Waals surface area contributed by atoms with Gasteiger partial charge in [-0.25, -0.2) is 0 Å². The molecule has 0 aliphatic carbocycles. The Labute approximate surface area is 169 Å². The van der Waals surface area contributed by atoms with Crippen LogP contribution in [0.25, 0.3) is 0 Å². The van der Waals surface area contributed by atoms with E-state index in [1.165, 1.54) is 0 Å². The van der Waals surface area contributed by atoms with Crippen LogP contribution in [0.15, 0.2) is 42.5 Å². The van der Waals surface area contributed by atoms with Crippen molar-refractivity contribution in [3.8, 4) is 11.5 Å². The Morgan fingerprint density at radius 3 is 2.43 bits per heavy atom. The molecule has 148 valence electrons. The molecule has 0 aromatic heterocycles. The highest BCUT2D eigenvalue weighted by atomic mass is 35.5. The lowest BCUT2D eigenvalue weighted by molar-refractivity contribution is -0.122. The second-order valence-corrected chi connectivity index (χ2v) is 7.48. The maximum absolute atomic E-state index is 12.3. The molecule has 2 aromatic rings. The fourth-order valence-corrected chi connectivity index (χ4v) is 3.03. The molecule has 28 heavy (non-hydrogen) atoms. The van der Waals surface area contributed by atoms with Crippen LogP contribution in [0.3, 0.4) is 0 Å². The molecule has 1 aliphatic rings. The average molecular weight is 403 g/mol. The Kier molecular flexibility index (Phi) is 6.09. The molecule has 0 unspecified atom stereocenters. The first-order valence-corrected chi connectivity index (χ1v) is 9.48. The van der Waals surface area contributed by atoms with Crippen molar-refractivity contribution in [2.45, 2.75) is 25.8 Å². The van der Waals surface area contributed by atoms with Crippen molar-refractivity contribution in [3.05, 3.63) is 58.6 Å². The third kappa shape index (κ3) is 4.95. The number of benzene rings is 2. The van der Waals surface area contributed by atoms with Crippen LogP contribution < -0.4 is 20.1 Å². The highest BCUT2D eigenvalue weighted by Crippen LogP contribution is 2.34. The van der Waals surface area contributed by atoms with Gasteiger partial charge in [0.25, 0.3) is 5.91 Å². The molecule has 0 bridgehead atoms. The summed E-state index contributed by atoms with van der Waals surface area (Å²) in [6.07, 6.45) is 0.174. The summed E-state index contributed by atoms with van der Waals surface area (Å²) in [5, 5.41) is 6.30. The summed E-state index contributed by atoms with van der Waals surface area (Å²) >= 11 is 5.81. The van der Waals surface area contributed by atoms with E-state index >= 15 is 0 Å². The van der Waals surface area contributed by atoms with Crippen LogP contribution in [-0.2, 0) is 10.3 Å². The molecule has 7 heteroatoms. The number of nitrogens with one attached hydrogen (secondary N) is 2. The maximum atomic E-state index is 12.3. The summed E-state index contributed by atoms with van der Waals surface area (Å²) in [6.45, 7) is 5.13. The largest absolute Gasteiger partial charge is 0.486 e. The van der Waals surface area contributed by atoms with Gasteiger partial charge in [0.1, 0.15) is 13.2 Å². The number of carbonyl (C=O) groups is 2. The molecule has 1 heterocycles. The van der Waals surface area contributed by atoms with Gasteiger partial charge in [0.05, 0.1) is 5.54 Å². The van der Waals surface area contributed by atoms with E-state index in [-0.39, 0.29) is 24.8 Å². The lowest BCUT2D eigenvalue weighted by Crippen LogP contribution is -2.42. The second kappa shape index (κ2) is 8.52. The Hall–Kier alpha value is -2.73. The van der Waals surface area contributed by atoms with Crippen molar-refractivity contribution in [3.63, 3.8) is 0 Å². The minimum Gasteiger partial charge on any atom is -0.486 e. The number of halogens is 1. The molecule has 1 aliphatic heterocycles. The maximum Gasteiger partial charge on any atom is 0.251 e. The zero-order valence-electron chi connectivity index (χ0n) is 15.9. The van der Waals surface area contributed by atoms with Crippen LogP contribution in [0, 0.1) is 0 Å². The molecule has 6 nitrogen and oxygen atoms in total. The molecular formula is C21H23ClN2O4. The number of hydrogen-bond donors (Lipinski definition) is 2. The van der Waals surface area contributed by atoms with Crippen LogP contribution in [-0.4, -0.2) is 31.6 Å². The second-order valence-electron chi connectivity index (χ2n) is 7.04. The summed E-state index contributed by atoms with van der Waals surface area (Å²) in [4.78, 5) is 24.4. The normalized spacial score (nSPS) is 13.0.